The fourth-order valence-corrected chi connectivity index (χ4v) is 6.05. The van der Waals surface area contributed by atoms with Gasteiger partial charge in [0.1, 0.15) is 0 Å². The highest BCUT2D eigenvalue weighted by Gasteiger charge is 2.18. The highest BCUT2D eigenvalue weighted by atomic mass is 14.8. The summed E-state index contributed by atoms with van der Waals surface area (Å²) < 4.78 is 0. The molecular weight excluding hydrogens is 412 g/mol. The molecule has 186 valence electrons. The number of hydrogen-bond acceptors (Lipinski definition) is 2. The molecule has 0 N–H and O–H groups in total. The molecule has 6 rings (SSSR count). The molecule has 0 saturated heterocycles. The van der Waals surface area contributed by atoms with Crippen LogP contribution in [0.2, 0.25) is 0 Å². The van der Waals surface area contributed by atoms with Crippen molar-refractivity contribution in [3.63, 3.8) is 0 Å². The third-order valence-electron chi connectivity index (χ3n) is 8.24. The van der Waals surface area contributed by atoms with E-state index in [2.05, 4.69) is 26.0 Å². The molecule has 0 amide bonds. The summed E-state index contributed by atoms with van der Waals surface area (Å²) in [6.07, 6.45) is 26.2. The average molecular weight is 461 g/mol. The smallest absolute Gasteiger partial charge is 0.0924 e. The monoisotopic (exact) mass is 460 g/mol. The second kappa shape index (κ2) is 13.4. The fourth-order valence-electron chi connectivity index (χ4n) is 6.05. The first-order valence-corrected chi connectivity index (χ1v) is 14.7. The molecule has 2 aliphatic carbocycles. The van der Waals surface area contributed by atoms with Gasteiger partial charge in [0.25, 0.3) is 0 Å². The Morgan fingerprint density at radius 1 is 0.412 bits per heavy atom. The lowest BCUT2D eigenvalue weighted by molar-refractivity contribution is 0.562. The van der Waals surface area contributed by atoms with Gasteiger partial charge in [-0.2, -0.15) is 0 Å². The normalized spacial score (nSPS) is 19.5. The highest BCUT2D eigenvalue weighted by molar-refractivity contribution is 5.65. The van der Waals surface area contributed by atoms with Crippen molar-refractivity contribution in [1.29, 1.82) is 0 Å². The Morgan fingerprint density at radius 2 is 0.706 bits per heavy atom. The summed E-state index contributed by atoms with van der Waals surface area (Å²) in [5.41, 5.74) is 10.8. The number of rotatable bonds is 1. The molecule has 4 aliphatic rings. The van der Waals surface area contributed by atoms with E-state index in [4.69, 9.17) is 9.97 Å². The van der Waals surface area contributed by atoms with Gasteiger partial charge in [0, 0.05) is 11.4 Å². The van der Waals surface area contributed by atoms with Crippen LogP contribution in [-0.2, 0) is 25.7 Å². The van der Waals surface area contributed by atoms with Crippen LogP contribution >= 0.6 is 0 Å². The van der Waals surface area contributed by atoms with Crippen molar-refractivity contribution in [2.75, 3.05) is 0 Å². The van der Waals surface area contributed by atoms with Crippen LogP contribution in [0.25, 0.3) is 11.4 Å². The van der Waals surface area contributed by atoms with E-state index in [-0.39, 0.29) is 0 Å². The minimum atomic E-state index is 1.12. The Morgan fingerprint density at radius 3 is 1.06 bits per heavy atom. The number of hydrogen-bond donors (Lipinski definition) is 0. The Kier molecular flexibility index (Phi) is 10.0. The average Bonchev–Trinajstić information content (AvgIpc) is 2.83. The van der Waals surface area contributed by atoms with Crippen LogP contribution in [0.4, 0.5) is 0 Å². The fraction of sp³-hybridized carbons (Fsp3) is 0.688. The van der Waals surface area contributed by atoms with Gasteiger partial charge in [0.15, 0.2) is 0 Å². The first kappa shape index (κ1) is 25.4. The summed E-state index contributed by atoms with van der Waals surface area (Å²) in [6.45, 7) is 4.57. The van der Waals surface area contributed by atoms with Crippen molar-refractivity contribution in [3.05, 3.63) is 45.8 Å². The maximum Gasteiger partial charge on any atom is 0.0924 e. The molecule has 4 heterocycles. The molecule has 0 radical (unpaired) electrons. The lowest BCUT2D eigenvalue weighted by atomic mass is 9.93. The molecule has 2 aliphatic heterocycles. The second-order valence-corrected chi connectivity index (χ2v) is 11.2. The molecule has 0 aromatic carbocycles. The second-order valence-electron chi connectivity index (χ2n) is 11.2. The van der Waals surface area contributed by atoms with Crippen LogP contribution in [0.1, 0.15) is 136 Å². The summed E-state index contributed by atoms with van der Waals surface area (Å²) in [5.74, 6) is 0. The molecule has 2 heteroatoms. The lowest BCUT2D eigenvalue weighted by Crippen LogP contribution is -2.08. The molecule has 0 atom stereocenters. The molecule has 0 spiro atoms. The van der Waals surface area contributed by atoms with Crippen molar-refractivity contribution in [2.45, 2.75) is 142 Å². The molecule has 2 aromatic heterocycles. The summed E-state index contributed by atoms with van der Waals surface area (Å²) in [6, 6.07) is 4.96. The number of aromatic nitrogens is 2. The first-order valence-electron chi connectivity index (χ1n) is 14.7. The Hall–Kier alpha value is -1.70. The van der Waals surface area contributed by atoms with Gasteiger partial charge in [0.2, 0.25) is 0 Å². The zero-order valence-electron chi connectivity index (χ0n) is 22.2. The predicted octanol–water partition coefficient (Wildman–Crippen LogP) is 9.20. The topological polar surface area (TPSA) is 25.8 Å². The van der Waals surface area contributed by atoms with Crippen molar-refractivity contribution < 1.29 is 0 Å². The molecule has 2 aromatic rings. The quantitative estimate of drug-likeness (QED) is 0.424. The third kappa shape index (κ3) is 7.15. The van der Waals surface area contributed by atoms with E-state index in [1.54, 1.807) is 0 Å². The minimum Gasteiger partial charge on any atom is -0.251 e. The third-order valence-corrected chi connectivity index (χ3v) is 8.24. The highest BCUT2D eigenvalue weighted by Crippen LogP contribution is 2.31. The number of nitrogens with zero attached hydrogens (tertiary/aromatic N) is 2. The predicted molar refractivity (Wildman–Crippen MR) is 146 cm³/mol. The van der Waals surface area contributed by atoms with Crippen molar-refractivity contribution in [2.24, 2.45) is 0 Å². The van der Waals surface area contributed by atoms with E-state index >= 15 is 0 Å². The molecule has 0 saturated carbocycles. The van der Waals surface area contributed by atoms with Gasteiger partial charge in [-0.1, -0.05) is 89.2 Å². The van der Waals surface area contributed by atoms with E-state index in [1.807, 2.05) is 0 Å². The first-order chi connectivity index (χ1) is 16.7. The van der Waals surface area contributed by atoms with Crippen LogP contribution in [0.3, 0.4) is 0 Å². The van der Waals surface area contributed by atoms with Gasteiger partial charge >= 0.3 is 0 Å². The minimum absolute atomic E-state index is 1.12. The van der Waals surface area contributed by atoms with Crippen LogP contribution in [0.5, 0.6) is 0 Å². The molecule has 34 heavy (non-hydrogen) atoms. The van der Waals surface area contributed by atoms with Crippen molar-refractivity contribution in [1.82, 2.24) is 9.97 Å². The number of fused-ring (bicyclic) bond motifs is 23. The van der Waals surface area contributed by atoms with E-state index in [1.165, 1.54) is 148 Å². The standard InChI is InChI=1S/C32H48N2/c1-25-23-27-19-15-11-7-3-5-9-13-17-21-29(25)33-31(27)32-28-20-16-12-8-4-6-10-14-18-22-30(34-32)26(2)24-28/h23-24H,3-22H2,1-2H3. The SMILES string of the molecule is Cc1cc2c(-c3nc4c(C)cc3CCCCCCCCCC4)nc1CCCCCCCCCC2. The van der Waals surface area contributed by atoms with Gasteiger partial charge in [-0.3, -0.25) is 9.97 Å². The molecule has 2 nitrogen and oxygen atoms in total. The van der Waals surface area contributed by atoms with Crippen LogP contribution < -0.4 is 0 Å². The summed E-state index contributed by atoms with van der Waals surface area (Å²) in [4.78, 5) is 10.8. The maximum absolute atomic E-state index is 5.42. The van der Waals surface area contributed by atoms with Crippen LogP contribution in [0, 0.1) is 13.8 Å². The summed E-state index contributed by atoms with van der Waals surface area (Å²) in [7, 11) is 0. The van der Waals surface area contributed by atoms with Gasteiger partial charge in [0.05, 0.1) is 11.4 Å². The largest absolute Gasteiger partial charge is 0.251 e. The number of aryl methyl sites for hydroxylation is 6. The van der Waals surface area contributed by atoms with Crippen LogP contribution in [0.15, 0.2) is 12.1 Å². The van der Waals surface area contributed by atoms with Crippen molar-refractivity contribution >= 4 is 0 Å². The van der Waals surface area contributed by atoms with Gasteiger partial charge < -0.3 is 0 Å². The lowest BCUT2D eigenvalue weighted by Gasteiger charge is -2.19. The van der Waals surface area contributed by atoms with Crippen LogP contribution in [-0.4, -0.2) is 9.97 Å². The number of pyridine rings is 2. The van der Waals surface area contributed by atoms with E-state index in [0.29, 0.717) is 0 Å². The molecule has 0 unspecified atom stereocenters. The zero-order chi connectivity index (χ0) is 23.6. The summed E-state index contributed by atoms with van der Waals surface area (Å²) in [5, 5.41) is 0. The summed E-state index contributed by atoms with van der Waals surface area (Å²) >= 11 is 0. The zero-order valence-corrected chi connectivity index (χ0v) is 22.2. The molecular formula is C32H48N2. The van der Waals surface area contributed by atoms with Crippen molar-refractivity contribution in [3.8, 4) is 11.4 Å². The van der Waals surface area contributed by atoms with E-state index < -0.39 is 0 Å². The van der Waals surface area contributed by atoms with Gasteiger partial charge in [-0.05, 0) is 87.5 Å². The Balaban J connectivity index is 1.74. The Labute approximate surface area is 209 Å². The molecule has 0 fully saturated rings. The van der Waals surface area contributed by atoms with Gasteiger partial charge in [-0.25, -0.2) is 0 Å². The van der Waals surface area contributed by atoms with Gasteiger partial charge in [-0.15, -0.1) is 0 Å². The molecule has 4 bridgehead atoms. The van der Waals surface area contributed by atoms with E-state index in [9.17, 15) is 0 Å². The maximum atomic E-state index is 5.42. The Bertz CT molecular complexity index is 838. The van der Waals surface area contributed by atoms with E-state index in [0.717, 1.165) is 25.7 Å².